The van der Waals surface area contributed by atoms with E-state index in [2.05, 4.69) is 0 Å². The monoisotopic (exact) mass is 254 g/mol. The zero-order valence-electron chi connectivity index (χ0n) is 9.51. The molecule has 1 aliphatic heterocycles. The van der Waals surface area contributed by atoms with Crippen molar-refractivity contribution < 1.29 is 18.3 Å². The number of aryl methyl sites for hydroxylation is 1. The molecule has 0 saturated heterocycles. The van der Waals surface area contributed by atoms with E-state index in [1.54, 1.807) is 19.1 Å². The van der Waals surface area contributed by atoms with E-state index in [4.69, 9.17) is 5.11 Å². The van der Waals surface area contributed by atoms with Crippen LogP contribution in [0.3, 0.4) is 0 Å². The first-order valence-corrected chi connectivity index (χ1v) is 7.04. The first-order chi connectivity index (χ1) is 7.93. The zero-order chi connectivity index (χ0) is 12.6. The van der Waals surface area contributed by atoms with E-state index in [0.29, 0.717) is 17.7 Å². The Morgan fingerprint density at radius 1 is 1.47 bits per heavy atom. The van der Waals surface area contributed by atoms with Crippen LogP contribution in [-0.2, 0) is 27.5 Å². The first kappa shape index (κ1) is 12.1. The normalized spacial score (nSPS) is 21.1. The summed E-state index contributed by atoms with van der Waals surface area (Å²) >= 11 is 0. The molecule has 0 spiro atoms. The Morgan fingerprint density at radius 2 is 2.18 bits per heavy atom. The van der Waals surface area contributed by atoms with Gasteiger partial charge in [-0.3, -0.25) is 4.79 Å². The third-order valence-corrected chi connectivity index (χ3v) is 5.39. The van der Waals surface area contributed by atoms with Crippen LogP contribution in [0.15, 0.2) is 23.1 Å². The number of benzene rings is 1. The molecule has 0 fully saturated rings. The summed E-state index contributed by atoms with van der Waals surface area (Å²) in [5.41, 5.74) is 1.65. The van der Waals surface area contributed by atoms with Gasteiger partial charge in [0.15, 0.2) is 9.84 Å². The molecule has 1 aliphatic rings. The number of carboxylic acids is 1. The minimum absolute atomic E-state index is 0.0326. The summed E-state index contributed by atoms with van der Waals surface area (Å²) in [6.45, 7) is 1.69. The lowest BCUT2D eigenvalue weighted by atomic mass is 10.00. The fourth-order valence-electron chi connectivity index (χ4n) is 2.20. The fraction of sp³-hybridized carbons (Fsp3) is 0.417. The molecule has 1 heterocycles. The average molecular weight is 254 g/mol. The van der Waals surface area contributed by atoms with Crippen molar-refractivity contribution in [2.24, 2.45) is 0 Å². The molecule has 4 nitrogen and oxygen atoms in total. The third-order valence-electron chi connectivity index (χ3n) is 3.17. The highest BCUT2D eigenvalue weighted by atomic mass is 32.2. The van der Waals surface area contributed by atoms with Crippen LogP contribution in [0, 0.1) is 0 Å². The van der Waals surface area contributed by atoms with Gasteiger partial charge in [0.05, 0.1) is 10.1 Å². The van der Waals surface area contributed by atoms with Crippen LogP contribution in [0.4, 0.5) is 0 Å². The Kier molecular flexibility index (Phi) is 2.95. The van der Waals surface area contributed by atoms with Crippen molar-refractivity contribution in [3.05, 3.63) is 29.3 Å². The van der Waals surface area contributed by atoms with Crippen LogP contribution in [0.25, 0.3) is 0 Å². The van der Waals surface area contributed by atoms with Gasteiger partial charge in [0.1, 0.15) is 0 Å². The Morgan fingerprint density at radius 3 is 2.82 bits per heavy atom. The van der Waals surface area contributed by atoms with Gasteiger partial charge in [0.2, 0.25) is 0 Å². The predicted octanol–water partition coefficient (Wildman–Crippen LogP) is 1.42. The number of carboxylic acid groups (broad SMARTS) is 1. The van der Waals surface area contributed by atoms with Crippen molar-refractivity contribution in [1.29, 1.82) is 0 Å². The standard InChI is InChI=1S/C12H14O4S/c1-8-7-10-9(5-6-12(13)14)3-2-4-11(10)17(8,15)16/h2-4,8H,5-7H2,1H3,(H,13,14). The first-order valence-electron chi connectivity index (χ1n) is 5.49. The smallest absolute Gasteiger partial charge is 0.303 e. The Labute approximate surface area is 100 Å². The number of fused-ring (bicyclic) bond motifs is 1. The van der Waals surface area contributed by atoms with E-state index in [-0.39, 0.29) is 6.42 Å². The van der Waals surface area contributed by atoms with E-state index in [1.165, 1.54) is 0 Å². The molecule has 17 heavy (non-hydrogen) atoms. The molecule has 0 aromatic heterocycles. The fourth-order valence-corrected chi connectivity index (χ4v) is 3.84. The van der Waals surface area contributed by atoms with Gasteiger partial charge in [-0.1, -0.05) is 12.1 Å². The summed E-state index contributed by atoms with van der Waals surface area (Å²) in [5, 5.41) is 8.26. The number of carbonyl (C=O) groups is 1. The predicted molar refractivity (Wildman–Crippen MR) is 62.8 cm³/mol. The highest BCUT2D eigenvalue weighted by Gasteiger charge is 2.34. The maximum absolute atomic E-state index is 12.0. The lowest BCUT2D eigenvalue weighted by Crippen LogP contribution is -2.11. The maximum Gasteiger partial charge on any atom is 0.303 e. The van der Waals surface area contributed by atoms with Crippen LogP contribution < -0.4 is 0 Å². The van der Waals surface area contributed by atoms with Gasteiger partial charge in [-0.25, -0.2) is 8.42 Å². The molecule has 0 saturated carbocycles. The molecule has 5 heteroatoms. The van der Waals surface area contributed by atoms with Gasteiger partial charge in [-0.05, 0) is 37.0 Å². The Hall–Kier alpha value is -1.36. The summed E-state index contributed by atoms with van der Waals surface area (Å²) in [6.07, 6.45) is 0.916. The molecule has 0 radical (unpaired) electrons. The zero-order valence-corrected chi connectivity index (χ0v) is 10.3. The van der Waals surface area contributed by atoms with Crippen LogP contribution in [0.2, 0.25) is 0 Å². The van der Waals surface area contributed by atoms with Gasteiger partial charge in [-0.2, -0.15) is 0 Å². The minimum Gasteiger partial charge on any atom is -0.481 e. The van der Waals surface area contributed by atoms with Gasteiger partial charge in [-0.15, -0.1) is 0 Å². The van der Waals surface area contributed by atoms with Crippen molar-refractivity contribution in [3.63, 3.8) is 0 Å². The highest BCUT2D eigenvalue weighted by molar-refractivity contribution is 7.92. The van der Waals surface area contributed by atoms with E-state index >= 15 is 0 Å². The molecule has 1 N–H and O–H groups in total. The van der Waals surface area contributed by atoms with Gasteiger partial charge in [0.25, 0.3) is 0 Å². The summed E-state index contributed by atoms with van der Waals surface area (Å²) in [6, 6.07) is 5.11. The lowest BCUT2D eigenvalue weighted by Gasteiger charge is -2.05. The number of rotatable bonds is 3. The topological polar surface area (TPSA) is 71.4 Å². The Bertz CT molecular complexity index is 560. The quantitative estimate of drug-likeness (QED) is 0.885. The van der Waals surface area contributed by atoms with E-state index < -0.39 is 21.1 Å². The van der Waals surface area contributed by atoms with Crippen LogP contribution in [0.5, 0.6) is 0 Å². The van der Waals surface area contributed by atoms with Gasteiger partial charge in [0, 0.05) is 6.42 Å². The van der Waals surface area contributed by atoms with E-state index in [1.807, 2.05) is 6.07 Å². The number of hydrogen-bond acceptors (Lipinski definition) is 3. The molecular formula is C12H14O4S. The van der Waals surface area contributed by atoms with Gasteiger partial charge < -0.3 is 5.11 Å². The van der Waals surface area contributed by atoms with Crippen molar-refractivity contribution >= 4 is 15.8 Å². The summed E-state index contributed by atoms with van der Waals surface area (Å²) in [7, 11) is -3.19. The van der Waals surface area contributed by atoms with Crippen molar-refractivity contribution in [1.82, 2.24) is 0 Å². The van der Waals surface area contributed by atoms with Crippen LogP contribution >= 0.6 is 0 Å². The molecule has 0 amide bonds. The lowest BCUT2D eigenvalue weighted by molar-refractivity contribution is -0.136. The molecular weight excluding hydrogens is 240 g/mol. The van der Waals surface area contributed by atoms with Crippen molar-refractivity contribution in [2.45, 2.75) is 36.3 Å². The molecule has 0 bridgehead atoms. The molecule has 0 aliphatic carbocycles. The molecule has 2 rings (SSSR count). The molecule has 92 valence electrons. The second-order valence-corrected chi connectivity index (χ2v) is 6.68. The van der Waals surface area contributed by atoms with Crippen molar-refractivity contribution in [3.8, 4) is 0 Å². The largest absolute Gasteiger partial charge is 0.481 e. The van der Waals surface area contributed by atoms with E-state index in [0.717, 1.165) is 11.1 Å². The minimum atomic E-state index is -3.19. The summed E-state index contributed by atoms with van der Waals surface area (Å²) in [4.78, 5) is 10.9. The molecule has 1 aromatic rings. The Balaban J connectivity index is 2.41. The summed E-state index contributed by atoms with van der Waals surface area (Å²) in [5.74, 6) is -0.864. The van der Waals surface area contributed by atoms with Gasteiger partial charge >= 0.3 is 5.97 Å². The molecule has 1 aromatic carbocycles. The van der Waals surface area contributed by atoms with Crippen molar-refractivity contribution in [2.75, 3.05) is 0 Å². The summed E-state index contributed by atoms with van der Waals surface area (Å²) < 4.78 is 23.9. The molecule has 1 atom stereocenters. The average Bonchev–Trinajstić information content (AvgIpc) is 2.48. The number of sulfone groups is 1. The van der Waals surface area contributed by atoms with E-state index in [9.17, 15) is 13.2 Å². The van der Waals surface area contributed by atoms with Crippen LogP contribution in [0.1, 0.15) is 24.5 Å². The highest BCUT2D eigenvalue weighted by Crippen LogP contribution is 2.33. The number of hydrogen-bond donors (Lipinski definition) is 1. The number of aliphatic carboxylic acids is 1. The second-order valence-electron chi connectivity index (χ2n) is 4.35. The SMILES string of the molecule is CC1Cc2c(CCC(=O)O)cccc2S1(=O)=O. The third kappa shape index (κ3) is 2.07. The maximum atomic E-state index is 12.0. The van der Waals surface area contributed by atoms with Crippen LogP contribution in [-0.4, -0.2) is 24.7 Å². The molecule has 1 unspecified atom stereocenters. The second kappa shape index (κ2) is 4.14.